The first kappa shape index (κ1) is 18.4. The molecule has 1 atom stereocenters. The van der Waals surface area contributed by atoms with Crippen molar-refractivity contribution in [2.75, 3.05) is 6.54 Å². The third-order valence-electron chi connectivity index (χ3n) is 5.08. The average Bonchev–Trinajstić information content (AvgIpc) is 3.35. The van der Waals surface area contributed by atoms with Gasteiger partial charge in [0.15, 0.2) is 0 Å². The van der Waals surface area contributed by atoms with E-state index in [2.05, 4.69) is 4.98 Å². The Labute approximate surface area is 168 Å². The minimum Gasteiger partial charge on any atom is -0.328 e. The summed E-state index contributed by atoms with van der Waals surface area (Å²) in [7, 11) is 0. The van der Waals surface area contributed by atoms with Gasteiger partial charge in [-0.1, -0.05) is 48.5 Å². The zero-order chi connectivity index (χ0) is 19.5. The minimum atomic E-state index is -0.113. The number of carbonyl (C=O) groups excluding carboxylic acids is 2. The molecule has 142 valence electrons. The smallest absolute Gasteiger partial charge is 0.254 e. The molecule has 0 saturated carbocycles. The lowest BCUT2D eigenvalue weighted by Gasteiger charge is -2.30. The number of nitrogens with zero attached hydrogens (tertiary/aromatic N) is 3. The maximum Gasteiger partial charge on any atom is 0.254 e. The molecule has 0 spiro atoms. The molecule has 2 amide bonds. The molecule has 0 radical (unpaired) electrons. The number of hydrogen-bond donors (Lipinski definition) is 0. The van der Waals surface area contributed by atoms with Crippen LogP contribution in [0.4, 0.5) is 0 Å². The first-order valence-electron chi connectivity index (χ1n) is 9.23. The third-order valence-corrected chi connectivity index (χ3v) is 5.85. The minimum absolute atomic E-state index is 0.0655. The van der Waals surface area contributed by atoms with Gasteiger partial charge in [-0.15, -0.1) is 11.3 Å². The monoisotopic (exact) mass is 391 g/mol. The van der Waals surface area contributed by atoms with Crippen molar-refractivity contribution in [2.45, 2.75) is 26.1 Å². The zero-order valence-corrected chi connectivity index (χ0v) is 16.4. The SMILES string of the molecule is C[C@@H](c1ccccc1)N(Cc1nccs1)C(=O)CN1Cc2ccccc2C1=O. The van der Waals surface area contributed by atoms with Crippen molar-refractivity contribution < 1.29 is 9.59 Å². The third kappa shape index (κ3) is 3.68. The van der Waals surface area contributed by atoms with E-state index in [9.17, 15) is 9.59 Å². The largest absolute Gasteiger partial charge is 0.328 e. The van der Waals surface area contributed by atoms with E-state index in [1.807, 2.05) is 71.8 Å². The standard InChI is InChI=1S/C22H21N3O2S/c1-16(17-7-3-2-4-8-17)25(14-20-23-11-12-28-20)21(26)15-24-13-18-9-5-6-10-19(18)22(24)27/h2-12,16H,13-15H2,1H3/t16-/m0/s1. The maximum absolute atomic E-state index is 13.2. The van der Waals surface area contributed by atoms with Crippen LogP contribution in [0.15, 0.2) is 66.2 Å². The molecule has 5 nitrogen and oxygen atoms in total. The summed E-state index contributed by atoms with van der Waals surface area (Å²) >= 11 is 1.53. The number of aromatic nitrogens is 1. The molecule has 0 N–H and O–H groups in total. The molecular formula is C22H21N3O2S. The molecule has 1 aliphatic heterocycles. The molecule has 28 heavy (non-hydrogen) atoms. The Bertz CT molecular complexity index is 972. The van der Waals surface area contributed by atoms with Crippen molar-refractivity contribution in [2.24, 2.45) is 0 Å². The van der Waals surface area contributed by atoms with Crippen molar-refractivity contribution >= 4 is 23.2 Å². The van der Waals surface area contributed by atoms with Gasteiger partial charge in [0, 0.05) is 23.7 Å². The summed E-state index contributed by atoms with van der Waals surface area (Å²) in [6.45, 7) is 2.99. The van der Waals surface area contributed by atoms with E-state index in [0.717, 1.165) is 16.1 Å². The van der Waals surface area contributed by atoms with Crippen molar-refractivity contribution in [1.29, 1.82) is 0 Å². The lowest BCUT2D eigenvalue weighted by Crippen LogP contribution is -2.41. The molecule has 2 aromatic carbocycles. The molecule has 2 heterocycles. The molecule has 4 rings (SSSR count). The summed E-state index contributed by atoms with van der Waals surface area (Å²) in [5.41, 5.74) is 2.73. The van der Waals surface area contributed by atoms with Gasteiger partial charge in [0.05, 0.1) is 12.6 Å². The van der Waals surface area contributed by atoms with Gasteiger partial charge in [0.2, 0.25) is 5.91 Å². The predicted molar refractivity (Wildman–Crippen MR) is 109 cm³/mol. The van der Waals surface area contributed by atoms with E-state index < -0.39 is 0 Å². The Hall–Kier alpha value is -2.99. The van der Waals surface area contributed by atoms with Crippen LogP contribution < -0.4 is 0 Å². The number of rotatable bonds is 6. The average molecular weight is 391 g/mol. The predicted octanol–water partition coefficient (Wildman–Crippen LogP) is 3.89. The number of carbonyl (C=O) groups is 2. The van der Waals surface area contributed by atoms with Crippen molar-refractivity contribution in [3.05, 3.63) is 87.9 Å². The van der Waals surface area contributed by atoms with E-state index in [4.69, 9.17) is 0 Å². The fourth-order valence-electron chi connectivity index (χ4n) is 3.53. The second-order valence-electron chi connectivity index (χ2n) is 6.85. The zero-order valence-electron chi connectivity index (χ0n) is 15.6. The second kappa shape index (κ2) is 7.94. The van der Waals surface area contributed by atoms with Gasteiger partial charge in [-0.2, -0.15) is 0 Å². The van der Waals surface area contributed by atoms with Gasteiger partial charge in [0.25, 0.3) is 5.91 Å². The van der Waals surface area contributed by atoms with Gasteiger partial charge < -0.3 is 9.80 Å². The van der Waals surface area contributed by atoms with E-state index in [0.29, 0.717) is 18.7 Å². The van der Waals surface area contributed by atoms with E-state index in [1.54, 1.807) is 11.1 Å². The normalized spacial score (nSPS) is 14.0. The van der Waals surface area contributed by atoms with Crippen LogP contribution in [0.3, 0.4) is 0 Å². The quantitative estimate of drug-likeness (QED) is 0.641. The summed E-state index contributed by atoms with van der Waals surface area (Å²) in [6, 6.07) is 17.4. The van der Waals surface area contributed by atoms with Crippen LogP contribution in [0.2, 0.25) is 0 Å². The van der Waals surface area contributed by atoms with Crippen LogP contribution in [0.1, 0.15) is 39.5 Å². The number of hydrogen-bond acceptors (Lipinski definition) is 4. The van der Waals surface area contributed by atoms with Gasteiger partial charge in [-0.3, -0.25) is 9.59 Å². The Morgan fingerprint density at radius 1 is 1.18 bits per heavy atom. The maximum atomic E-state index is 13.2. The summed E-state index contributed by atoms with van der Waals surface area (Å²) in [5, 5.41) is 2.79. The Kier molecular flexibility index (Phi) is 5.21. The molecule has 1 aromatic heterocycles. The summed E-state index contributed by atoms with van der Waals surface area (Å²) in [4.78, 5) is 33.7. The molecular weight excluding hydrogens is 370 g/mol. The molecule has 1 aliphatic rings. The van der Waals surface area contributed by atoms with E-state index in [-0.39, 0.29) is 24.4 Å². The van der Waals surface area contributed by atoms with Crippen molar-refractivity contribution in [3.8, 4) is 0 Å². The lowest BCUT2D eigenvalue weighted by molar-refractivity contribution is -0.134. The van der Waals surface area contributed by atoms with Crippen LogP contribution in [-0.2, 0) is 17.9 Å². The summed E-state index contributed by atoms with van der Waals surface area (Å²) in [5.74, 6) is -0.154. The lowest BCUT2D eigenvalue weighted by atomic mass is 10.1. The van der Waals surface area contributed by atoms with Gasteiger partial charge in [0.1, 0.15) is 11.6 Å². The number of benzene rings is 2. The summed E-state index contributed by atoms with van der Waals surface area (Å²) in [6.07, 6.45) is 1.75. The number of thiazole rings is 1. The summed E-state index contributed by atoms with van der Waals surface area (Å²) < 4.78 is 0. The fraction of sp³-hybridized carbons (Fsp3) is 0.227. The Morgan fingerprint density at radius 3 is 2.64 bits per heavy atom. The molecule has 0 bridgehead atoms. The number of fused-ring (bicyclic) bond motifs is 1. The topological polar surface area (TPSA) is 53.5 Å². The first-order valence-corrected chi connectivity index (χ1v) is 10.1. The highest BCUT2D eigenvalue weighted by molar-refractivity contribution is 7.09. The van der Waals surface area contributed by atoms with E-state index in [1.165, 1.54) is 11.3 Å². The van der Waals surface area contributed by atoms with Crippen LogP contribution in [0.25, 0.3) is 0 Å². The van der Waals surface area contributed by atoms with Gasteiger partial charge >= 0.3 is 0 Å². The van der Waals surface area contributed by atoms with Crippen LogP contribution in [-0.4, -0.2) is 33.1 Å². The molecule has 0 aliphatic carbocycles. The molecule has 6 heteroatoms. The van der Waals surface area contributed by atoms with E-state index >= 15 is 0 Å². The highest BCUT2D eigenvalue weighted by Crippen LogP contribution is 2.26. The molecule has 0 saturated heterocycles. The van der Waals surface area contributed by atoms with Gasteiger partial charge in [-0.05, 0) is 24.1 Å². The fourth-order valence-corrected chi connectivity index (χ4v) is 4.14. The van der Waals surface area contributed by atoms with Crippen LogP contribution in [0, 0.1) is 0 Å². The molecule has 3 aromatic rings. The van der Waals surface area contributed by atoms with Gasteiger partial charge in [-0.25, -0.2) is 4.98 Å². The number of amides is 2. The second-order valence-corrected chi connectivity index (χ2v) is 7.83. The van der Waals surface area contributed by atoms with Crippen molar-refractivity contribution in [3.63, 3.8) is 0 Å². The van der Waals surface area contributed by atoms with Crippen molar-refractivity contribution in [1.82, 2.24) is 14.8 Å². The Balaban J connectivity index is 1.54. The molecule has 0 unspecified atom stereocenters. The highest BCUT2D eigenvalue weighted by Gasteiger charge is 2.31. The first-order chi connectivity index (χ1) is 13.6. The highest BCUT2D eigenvalue weighted by atomic mass is 32.1. The van der Waals surface area contributed by atoms with Crippen LogP contribution in [0.5, 0.6) is 0 Å². The Morgan fingerprint density at radius 2 is 1.93 bits per heavy atom. The molecule has 0 fully saturated rings. The van der Waals surface area contributed by atoms with Crippen LogP contribution >= 0.6 is 11.3 Å².